The predicted octanol–water partition coefficient (Wildman–Crippen LogP) is 4.27. The molecule has 0 spiro atoms. The van der Waals surface area contributed by atoms with E-state index >= 15 is 0 Å². The summed E-state index contributed by atoms with van der Waals surface area (Å²) in [5, 5.41) is 10.3. The first kappa shape index (κ1) is 17.9. The van der Waals surface area contributed by atoms with Gasteiger partial charge in [-0.1, -0.05) is 13.0 Å². The Morgan fingerprint density at radius 3 is 2.89 bits per heavy atom. The second-order valence-corrected chi connectivity index (χ2v) is 7.31. The van der Waals surface area contributed by atoms with Crippen molar-refractivity contribution < 1.29 is 9.84 Å². The van der Waals surface area contributed by atoms with Gasteiger partial charge in [-0.3, -0.25) is 0 Å². The smallest absolute Gasteiger partial charge is 0.137 e. The summed E-state index contributed by atoms with van der Waals surface area (Å²) in [4.78, 5) is 6.88. The molecule has 3 heterocycles. The van der Waals surface area contributed by atoms with Crippen molar-refractivity contribution in [1.82, 2.24) is 9.38 Å². The molecular formula is C22H27N3O2. The van der Waals surface area contributed by atoms with Crippen LogP contribution in [0.2, 0.25) is 0 Å². The lowest BCUT2D eigenvalue weighted by Gasteiger charge is -2.40. The number of nitrogens with zero attached hydrogens (tertiary/aromatic N) is 3. The monoisotopic (exact) mass is 365 g/mol. The highest BCUT2D eigenvalue weighted by molar-refractivity contribution is 5.77. The van der Waals surface area contributed by atoms with Crippen molar-refractivity contribution in [1.29, 1.82) is 0 Å². The van der Waals surface area contributed by atoms with E-state index in [9.17, 15) is 5.11 Å². The van der Waals surface area contributed by atoms with Crippen LogP contribution in [0, 0.1) is 0 Å². The summed E-state index contributed by atoms with van der Waals surface area (Å²) in [5.74, 6) is 0.912. The first-order chi connectivity index (χ1) is 13.1. The van der Waals surface area contributed by atoms with Gasteiger partial charge in [-0.2, -0.15) is 0 Å². The van der Waals surface area contributed by atoms with Crippen LogP contribution in [0.25, 0.3) is 16.9 Å². The molecule has 5 heteroatoms. The molecule has 0 radical (unpaired) electrons. The fourth-order valence-corrected chi connectivity index (χ4v) is 4.04. The maximum Gasteiger partial charge on any atom is 0.137 e. The highest BCUT2D eigenvalue weighted by Crippen LogP contribution is 2.43. The molecule has 27 heavy (non-hydrogen) atoms. The molecule has 1 aliphatic rings. The molecule has 0 bridgehead atoms. The second-order valence-electron chi connectivity index (χ2n) is 7.31. The van der Waals surface area contributed by atoms with Crippen LogP contribution >= 0.6 is 0 Å². The fourth-order valence-electron chi connectivity index (χ4n) is 4.04. The molecule has 1 aliphatic heterocycles. The van der Waals surface area contributed by atoms with Crippen LogP contribution in [0.15, 0.2) is 42.7 Å². The average Bonchev–Trinajstić information content (AvgIpc) is 3.09. The van der Waals surface area contributed by atoms with Crippen LogP contribution in [0.4, 0.5) is 5.69 Å². The van der Waals surface area contributed by atoms with Gasteiger partial charge in [-0.05, 0) is 57.4 Å². The molecule has 1 N–H and O–H groups in total. The second kappa shape index (κ2) is 7.24. The Morgan fingerprint density at radius 1 is 1.30 bits per heavy atom. The van der Waals surface area contributed by atoms with Gasteiger partial charge in [0.25, 0.3) is 0 Å². The minimum absolute atomic E-state index is 0.303. The van der Waals surface area contributed by atoms with E-state index in [0.29, 0.717) is 12.6 Å². The lowest BCUT2D eigenvalue weighted by molar-refractivity contribution is 0.174. The number of pyridine rings is 1. The Morgan fingerprint density at radius 2 is 2.15 bits per heavy atom. The topological polar surface area (TPSA) is 50.0 Å². The molecule has 2 aromatic heterocycles. The number of hydrogen-bond acceptors (Lipinski definition) is 4. The van der Waals surface area contributed by atoms with Gasteiger partial charge in [0.2, 0.25) is 0 Å². The quantitative estimate of drug-likeness (QED) is 0.734. The molecule has 1 aromatic carbocycles. The molecule has 0 aliphatic carbocycles. The van der Waals surface area contributed by atoms with Crippen molar-refractivity contribution in [2.75, 3.05) is 11.5 Å². The Labute approximate surface area is 160 Å². The molecule has 3 aromatic rings. The van der Waals surface area contributed by atoms with Crippen molar-refractivity contribution in [3.05, 3.63) is 48.3 Å². The van der Waals surface area contributed by atoms with Crippen LogP contribution in [0.1, 0.15) is 39.2 Å². The van der Waals surface area contributed by atoms with Gasteiger partial charge in [-0.15, -0.1) is 0 Å². The van der Waals surface area contributed by atoms with E-state index in [2.05, 4.69) is 30.9 Å². The molecule has 0 amide bonds. The van der Waals surface area contributed by atoms with E-state index in [1.165, 1.54) is 5.56 Å². The van der Waals surface area contributed by atoms with Crippen molar-refractivity contribution >= 4 is 11.3 Å². The third kappa shape index (κ3) is 3.16. The zero-order valence-electron chi connectivity index (χ0n) is 16.2. The zero-order valence-corrected chi connectivity index (χ0v) is 16.2. The van der Waals surface area contributed by atoms with Crippen LogP contribution in [0.3, 0.4) is 0 Å². The van der Waals surface area contributed by atoms with Gasteiger partial charge >= 0.3 is 0 Å². The summed E-state index contributed by atoms with van der Waals surface area (Å²) in [6, 6.07) is 10.5. The Kier molecular flexibility index (Phi) is 4.79. The summed E-state index contributed by atoms with van der Waals surface area (Å²) in [6.45, 7) is 6.78. The first-order valence-electron chi connectivity index (χ1n) is 9.79. The fraction of sp³-hybridized carbons (Fsp3) is 0.409. The van der Waals surface area contributed by atoms with Gasteiger partial charge in [0.1, 0.15) is 17.6 Å². The Balaban J connectivity index is 1.87. The van der Waals surface area contributed by atoms with Gasteiger partial charge in [0.15, 0.2) is 0 Å². The minimum atomic E-state index is -0.529. The van der Waals surface area contributed by atoms with Crippen LogP contribution in [0.5, 0.6) is 5.75 Å². The molecule has 4 rings (SSSR count). The standard InChI is InChI=1S/C22H27N3O2/c1-4-13-27-22-17(19-14-24-12-6-5-7-21(24)23-19)10-11-20-18(22)9-8-15(2)25(20)16(3)26/h5-7,10-12,14-16,26H,4,8-9,13H2,1-3H3/t15-,16?/m0/s1. The van der Waals surface area contributed by atoms with Gasteiger partial charge in [0.05, 0.1) is 12.3 Å². The molecule has 5 nitrogen and oxygen atoms in total. The number of aliphatic hydroxyl groups is 1. The summed E-state index contributed by atoms with van der Waals surface area (Å²) in [5.41, 5.74) is 5.11. The van der Waals surface area contributed by atoms with E-state index in [0.717, 1.165) is 47.6 Å². The number of anilines is 1. The SMILES string of the molecule is CCCOc1c(-c2cn3ccccc3n2)ccc2c1CC[C@H](C)N2C(C)O. The van der Waals surface area contributed by atoms with Crippen LogP contribution in [-0.2, 0) is 6.42 Å². The van der Waals surface area contributed by atoms with E-state index < -0.39 is 6.23 Å². The normalized spacial score (nSPS) is 17.8. The number of benzene rings is 1. The summed E-state index contributed by atoms with van der Waals surface area (Å²) >= 11 is 0. The Hall–Kier alpha value is -2.53. The van der Waals surface area contributed by atoms with Crippen molar-refractivity contribution in [3.8, 4) is 17.0 Å². The maximum absolute atomic E-state index is 10.3. The number of ether oxygens (including phenoxy) is 1. The average molecular weight is 365 g/mol. The van der Waals surface area contributed by atoms with Crippen LogP contribution in [-0.4, -0.2) is 33.4 Å². The number of imidazole rings is 1. The van der Waals surface area contributed by atoms with Crippen LogP contribution < -0.4 is 9.64 Å². The van der Waals surface area contributed by atoms with E-state index in [1.807, 2.05) is 41.9 Å². The number of hydrogen-bond donors (Lipinski definition) is 1. The van der Waals surface area contributed by atoms with Crippen molar-refractivity contribution in [3.63, 3.8) is 0 Å². The predicted molar refractivity (Wildman–Crippen MR) is 108 cm³/mol. The molecular weight excluding hydrogens is 338 g/mol. The van der Waals surface area contributed by atoms with E-state index in [-0.39, 0.29) is 0 Å². The molecule has 2 atom stereocenters. The third-order valence-electron chi connectivity index (χ3n) is 5.29. The third-order valence-corrected chi connectivity index (χ3v) is 5.29. The molecule has 0 saturated carbocycles. The van der Waals surface area contributed by atoms with Crippen molar-refractivity contribution in [2.45, 2.75) is 52.3 Å². The molecule has 0 fully saturated rings. The minimum Gasteiger partial charge on any atom is -0.493 e. The summed E-state index contributed by atoms with van der Waals surface area (Å²) in [6.07, 6.45) is 6.42. The summed E-state index contributed by atoms with van der Waals surface area (Å²) < 4.78 is 8.27. The number of aliphatic hydroxyl groups excluding tert-OH is 1. The van der Waals surface area contributed by atoms with E-state index in [4.69, 9.17) is 9.72 Å². The molecule has 0 saturated heterocycles. The summed E-state index contributed by atoms with van der Waals surface area (Å²) in [7, 11) is 0. The largest absolute Gasteiger partial charge is 0.493 e. The lowest BCUT2D eigenvalue weighted by atomic mass is 9.92. The van der Waals surface area contributed by atoms with Gasteiger partial charge < -0.3 is 19.1 Å². The highest BCUT2D eigenvalue weighted by Gasteiger charge is 2.30. The van der Waals surface area contributed by atoms with Gasteiger partial charge in [0, 0.05) is 35.2 Å². The first-order valence-corrected chi connectivity index (χ1v) is 9.79. The van der Waals surface area contributed by atoms with E-state index in [1.54, 1.807) is 0 Å². The highest BCUT2D eigenvalue weighted by atomic mass is 16.5. The molecule has 142 valence electrons. The Bertz CT molecular complexity index is 915. The van der Waals surface area contributed by atoms with Gasteiger partial charge in [-0.25, -0.2) is 4.98 Å². The zero-order chi connectivity index (χ0) is 19.0. The number of fused-ring (bicyclic) bond motifs is 2. The lowest BCUT2D eigenvalue weighted by Crippen LogP contribution is -2.43. The van der Waals surface area contributed by atoms with Crippen molar-refractivity contribution in [2.24, 2.45) is 0 Å². The number of rotatable bonds is 5. The number of aromatic nitrogens is 2. The molecule has 1 unspecified atom stereocenters. The maximum atomic E-state index is 10.3.